The third-order valence-corrected chi connectivity index (χ3v) is 5.06. The molecule has 1 aliphatic heterocycles. The van der Waals surface area contributed by atoms with E-state index in [-0.39, 0.29) is 11.6 Å². The van der Waals surface area contributed by atoms with Crippen molar-refractivity contribution in [3.8, 4) is 23.0 Å². The molecular weight excluding hydrogens is 422 g/mol. The van der Waals surface area contributed by atoms with E-state index in [4.69, 9.17) is 14.2 Å². The van der Waals surface area contributed by atoms with Gasteiger partial charge in [-0.15, -0.1) is 0 Å². The zero-order valence-corrected chi connectivity index (χ0v) is 17.9. The number of rotatable bonds is 6. The number of nitrogens with zero attached hydrogens (tertiary/aromatic N) is 3. The van der Waals surface area contributed by atoms with E-state index in [0.29, 0.717) is 37.2 Å². The van der Waals surface area contributed by atoms with Crippen molar-refractivity contribution in [2.24, 2.45) is 0 Å². The smallest absolute Gasteiger partial charge is 0.269 e. The molecule has 166 valence electrons. The molecular formula is C24H21N5O4. The van der Waals surface area contributed by atoms with Crippen molar-refractivity contribution in [3.63, 3.8) is 0 Å². The van der Waals surface area contributed by atoms with E-state index in [9.17, 15) is 4.79 Å². The van der Waals surface area contributed by atoms with Gasteiger partial charge < -0.3 is 24.8 Å². The van der Waals surface area contributed by atoms with Gasteiger partial charge >= 0.3 is 0 Å². The molecule has 4 aromatic rings. The molecule has 2 aromatic heterocycles. The molecule has 0 fully saturated rings. The van der Waals surface area contributed by atoms with Gasteiger partial charge in [0.15, 0.2) is 11.5 Å². The van der Waals surface area contributed by atoms with E-state index in [1.165, 1.54) is 6.20 Å². The van der Waals surface area contributed by atoms with Crippen LogP contribution in [0.1, 0.15) is 16.1 Å². The number of aromatic nitrogens is 3. The molecule has 0 bridgehead atoms. The number of anilines is 1. The molecule has 1 amide bonds. The Morgan fingerprint density at radius 2 is 1.94 bits per heavy atom. The fourth-order valence-electron chi connectivity index (χ4n) is 3.47. The molecule has 0 radical (unpaired) electrons. The molecule has 0 spiro atoms. The summed E-state index contributed by atoms with van der Waals surface area (Å²) in [6.45, 7) is 1.60. The molecule has 1 aliphatic rings. The number of hydrogen-bond donors (Lipinski definition) is 2. The summed E-state index contributed by atoms with van der Waals surface area (Å²) in [5.74, 6) is 2.87. The van der Waals surface area contributed by atoms with Gasteiger partial charge in [0.25, 0.3) is 5.91 Å². The normalized spacial score (nSPS) is 12.3. The van der Waals surface area contributed by atoms with Crippen LogP contribution >= 0.6 is 0 Å². The highest BCUT2D eigenvalue weighted by molar-refractivity contribution is 5.92. The molecule has 2 aromatic carbocycles. The lowest BCUT2D eigenvalue weighted by molar-refractivity contribution is 0.0958. The zero-order valence-electron chi connectivity index (χ0n) is 17.9. The van der Waals surface area contributed by atoms with Crippen LogP contribution in [0, 0.1) is 0 Å². The Morgan fingerprint density at radius 1 is 1.06 bits per heavy atom. The van der Waals surface area contributed by atoms with Gasteiger partial charge in [-0.1, -0.05) is 12.1 Å². The third kappa shape index (κ3) is 4.47. The summed E-state index contributed by atoms with van der Waals surface area (Å²) in [6, 6.07) is 14.6. The monoisotopic (exact) mass is 443 g/mol. The Balaban J connectivity index is 1.30. The first-order chi connectivity index (χ1) is 16.2. The molecule has 0 saturated carbocycles. The minimum atomic E-state index is -0.275. The highest BCUT2D eigenvalue weighted by Gasteiger charge is 2.15. The van der Waals surface area contributed by atoms with Crippen molar-refractivity contribution < 1.29 is 19.0 Å². The van der Waals surface area contributed by atoms with Crippen LogP contribution in [0.5, 0.6) is 23.0 Å². The Kier molecular flexibility index (Phi) is 5.59. The Labute approximate surface area is 189 Å². The van der Waals surface area contributed by atoms with Crippen molar-refractivity contribution in [1.29, 1.82) is 0 Å². The van der Waals surface area contributed by atoms with Crippen molar-refractivity contribution >= 4 is 22.8 Å². The fourth-order valence-corrected chi connectivity index (χ4v) is 3.47. The van der Waals surface area contributed by atoms with Crippen LogP contribution in [0.2, 0.25) is 0 Å². The molecule has 9 nitrogen and oxygen atoms in total. The SMILES string of the molecule is CNC(=O)c1cc(Oc2ccc3nc(NCc4cccc5c4OCCO5)ncc3c2)ccn1. The quantitative estimate of drug-likeness (QED) is 0.466. The minimum absolute atomic E-state index is 0.275. The van der Waals surface area contributed by atoms with Gasteiger partial charge in [0.2, 0.25) is 5.95 Å². The molecule has 2 N–H and O–H groups in total. The van der Waals surface area contributed by atoms with Gasteiger partial charge in [-0.2, -0.15) is 0 Å². The van der Waals surface area contributed by atoms with Crippen LogP contribution in [-0.4, -0.2) is 41.1 Å². The van der Waals surface area contributed by atoms with E-state index >= 15 is 0 Å². The van der Waals surface area contributed by atoms with E-state index < -0.39 is 0 Å². The van der Waals surface area contributed by atoms with Gasteiger partial charge in [0.1, 0.15) is 30.4 Å². The Hall–Kier alpha value is -4.40. The highest BCUT2D eigenvalue weighted by Crippen LogP contribution is 2.34. The van der Waals surface area contributed by atoms with E-state index in [1.807, 2.05) is 36.4 Å². The lowest BCUT2D eigenvalue weighted by Gasteiger charge is -2.21. The fraction of sp³-hybridized carbons (Fsp3) is 0.167. The maximum atomic E-state index is 11.8. The number of para-hydroxylation sites is 1. The number of nitrogens with one attached hydrogen (secondary N) is 2. The largest absolute Gasteiger partial charge is 0.486 e. The third-order valence-electron chi connectivity index (χ3n) is 5.06. The number of hydrogen-bond acceptors (Lipinski definition) is 8. The van der Waals surface area contributed by atoms with Gasteiger partial charge in [-0.05, 0) is 30.3 Å². The number of ether oxygens (including phenoxy) is 3. The molecule has 9 heteroatoms. The average molecular weight is 443 g/mol. The minimum Gasteiger partial charge on any atom is -0.486 e. The number of benzene rings is 2. The first-order valence-corrected chi connectivity index (χ1v) is 10.4. The van der Waals surface area contributed by atoms with Crippen LogP contribution in [0.15, 0.2) is 60.9 Å². The summed E-state index contributed by atoms with van der Waals surface area (Å²) in [4.78, 5) is 24.8. The lowest BCUT2D eigenvalue weighted by atomic mass is 10.1. The van der Waals surface area contributed by atoms with Gasteiger partial charge in [0, 0.05) is 43.0 Å². The number of fused-ring (bicyclic) bond motifs is 2. The summed E-state index contributed by atoms with van der Waals surface area (Å²) in [5.41, 5.74) is 2.04. The van der Waals surface area contributed by atoms with Gasteiger partial charge in [-0.3, -0.25) is 9.78 Å². The second kappa shape index (κ2) is 8.99. The highest BCUT2D eigenvalue weighted by atomic mass is 16.6. The van der Waals surface area contributed by atoms with Crippen molar-refractivity contribution in [2.75, 3.05) is 25.6 Å². The van der Waals surface area contributed by atoms with Crippen molar-refractivity contribution in [2.45, 2.75) is 6.54 Å². The lowest BCUT2D eigenvalue weighted by Crippen LogP contribution is -2.18. The van der Waals surface area contributed by atoms with Crippen LogP contribution in [0.4, 0.5) is 5.95 Å². The first kappa shape index (κ1) is 20.5. The van der Waals surface area contributed by atoms with E-state index in [1.54, 1.807) is 25.4 Å². The van der Waals surface area contributed by atoms with Crippen LogP contribution in [0.3, 0.4) is 0 Å². The maximum Gasteiger partial charge on any atom is 0.269 e. The molecule has 3 heterocycles. The predicted octanol–water partition coefficient (Wildman–Crippen LogP) is 3.56. The summed E-state index contributed by atoms with van der Waals surface area (Å²) >= 11 is 0. The molecule has 0 atom stereocenters. The summed E-state index contributed by atoms with van der Waals surface area (Å²) in [5, 5.41) is 6.62. The number of carbonyl (C=O) groups excluding carboxylic acids is 1. The Bertz CT molecular complexity index is 1330. The number of carbonyl (C=O) groups is 1. The zero-order chi connectivity index (χ0) is 22.6. The summed E-state index contributed by atoms with van der Waals surface area (Å²) in [7, 11) is 1.56. The summed E-state index contributed by atoms with van der Waals surface area (Å²) in [6.07, 6.45) is 3.27. The average Bonchev–Trinajstić information content (AvgIpc) is 2.87. The molecule has 33 heavy (non-hydrogen) atoms. The van der Waals surface area contributed by atoms with Crippen molar-refractivity contribution in [1.82, 2.24) is 20.3 Å². The predicted molar refractivity (Wildman–Crippen MR) is 122 cm³/mol. The van der Waals surface area contributed by atoms with E-state index in [0.717, 1.165) is 28.0 Å². The Morgan fingerprint density at radius 3 is 2.85 bits per heavy atom. The molecule has 0 aliphatic carbocycles. The first-order valence-electron chi connectivity index (χ1n) is 10.4. The number of amides is 1. The number of pyridine rings is 1. The molecule has 0 saturated heterocycles. The molecule has 0 unspecified atom stereocenters. The van der Waals surface area contributed by atoms with Gasteiger partial charge in [0.05, 0.1) is 5.52 Å². The maximum absolute atomic E-state index is 11.8. The van der Waals surface area contributed by atoms with E-state index in [2.05, 4.69) is 25.6 Å². The van der Waals surface area contributed by atoms with Crippen molar-refractivity contribution in [3.05, 3.63) is 72.2 Å². The van der Waals surface area contributed by atoms with Crippen LogP contribution < -0.4 is 24.8 Å². The topological polar surface area (TPSA) is 107 Å². The second-order valence-electron chi connectivity index (χ2n) is 7.27. The second-order valence-corrected chi connectivity index (χ2v) is 7.27. The van der Waals surface area contributed by atoms with Crippen LogP contribution in [-0.2, 0) is 6.54 Å². The standard InChI is InChI=1S/C24H21N5O4/c1-25-23(30)20-12-18(7-8-26-20)33-17-5-6-19-16(11-17)14-28-24(29-19)27-13-15-3-2-4-21-22(15)32-10-9-31-21/h2-8,11-12,14H,9-10,13H2,1H3,(H,25,30)(H,27,28,29). The molecule has 5 rings (SSSR count). The summed E-state index contributed by atoms with van der Waals surface area (Å²) < 4.78 is 17.3. The van der Waals surface area contributed by atoms with Crippen LogP contribution in [0.25, 0.3) is 10.9 Å². The van der Waals surface area contributed by atoms with Gasteiger partial charge in [-0.25, -0.2) is 9.97 Å².